The number of carbonyl (C=O) groups excluding carboxylic acids is 1. The Morgan fingerprint density at radius 3 is 2.19 bits per heavy atom. The standard InChI is InChI=1S/C25H28N4O2/c1-18(2)31-24-17-23(26-19(3)27-24)28-13-15-29(16-14-28)25(30)22-11-9-21(10-12-22)20-7-5-4-6-8-20/h4-12,17-18H,13-16H2,1-3H3. The molecule has 0 unspecified atom stereocenters. The van der Waals surface area contributed by atoms with Crippen LogP contribution in [0.25, 0.3) is 11.1 Å². The predicted octanol–water partition coefficient (Wildman–Crippen LogP) is 4.20. The largest absolute Gasteiger partial charge is 0.475 e. The van der Waals surface area contributed by atoms with Crippen LogP contribution in [0, 0.1) is 6.92 Å². The first kappa shape index (κ1) is 20.8. The van der Waals surface area contributed by atoms with Gasteiger partial charge in [-0.05, 0) is 44.0 Å². The third kappa shape index (κ3) is 5.02. The normalized spacial score (nSPS) is 14.1. The van der Waals surface area contributed by atoms with E-state index in [0.717, 1.165) is 35.6 Å². The molecule has 0 atom stereocenters. The van der Waals surface area contributed by atoms with Crippen molar-refractivity contribution in [3.8, 4) is 17.0 Å². The number of nitrogens with zero attached hydrogens (tertiary/aromatic N) is 4. The Labute approximate surface area is 183 Å². The molecule has 3 aromatic rings. The van der Waals surface area contributed by atoms with Gasteiger partial charge in [-0.25, -0.2) is 4.98 Å². The van der Waals surface area contributed by atoms with Crippen molar-refractivity contribution in [3.63, 3.8) is 0 Å². The van der Waals surface area contributed by atoms with E-state index in [-0.39, 0.29) is 12.0 Å². The Hall–Kier alpha value is -3.41. The molecule has 4 rings (SSSR count). The topological polar surface area (TPSA) is 58.6 Å². The number of carbonyl (C=O) groups is 1. The first-order chi connectivity index (χ1) is 15.0. The lowest BCUT2D eigenvalue weighted by molar-refractivity contribution is 0.0746. The monoisotopic (exact) mass is 416 g/mol. The molecule has 1 aliphatic rings. The van der Waals surface area contributed by atoms with E-state index in [1.807, 2.05) is 74.2 Å². The van der Waals surface area contributed by atoms with Gasteiger partial charge < -0.3 is 14.5 Å². The van der Waals surface area contributed by atoms with Crippen LogP contribution in [0.5, 0.6) is 5.88 Å². The number of aryl methyl sites for hydroxylation is 1. The molecule has 0 spiro atoms. The van der Waals surface area contributed by atoms with E-state index in [2.05, 4.69) is 27.0 Å². The van der Waals surface area contributed by atoms with Gasteiger partial charge in [0, 0.05) is 37.8 Å². The minimum absolute atomic E-state index is 0.0601. The van der Waals surface area contributed by atoms with E-state index < -0.39 is 0 Å². The van der Waals surface area contributed by atoms with Crippen LogP contribution in [-0.2, 0) is 0 Å². The molecule has 160 valence electrons. The number of ether oxygens (including phenoxy) is 1. The Balaban J connectivity index is 1.40. The molecule has 1 aromatic heterocycles. The SMILES string of the molecule is Cc1nc(OC(C)C)cc(N2CCN(C(=O)c3ccc(-c4ccccc4)cc3)CC2)n1. The molecule has 1 aliphatic heterocycles. The van der Waals surface area contributed by atoms with E-state index in [4.69, 9.17) is 4.74 Å². The lowest BCUT2D eigenvalue weighted by atomic mass is 10.0. The summed E-state index contributed by atoms with van der Waals surface area (Å²) in [5, 5.41) is 0. The fraction of sp³-hybridized carbons (Fsp3) is 0.320. The Bertz CT molecular complexity index is 1030. The van der Waals surface area contributed by atoms with Crippen LogP contribution in [0.2, 0.25) is 0 Å². The summed E-state index contributed by atoms with van der Waals surface area (Å²) < 4.78 is 5.74. The van der Waals surface area contributed by atoms with Crippen molar-refractivity contribution in [2.75, 3.05) is 31.1 Å². The van der Waals surface area contributed by atoms with Gasteiger partial charge in [-0.15, -0.1) is 0 Å². The fourth-order valence-corrected chi connectivity index (χ4v) is 3.75. The summed E-state index contributed by atoms with van der Waals surface area (Å²) in [6.07, 6.45) is 0.0601. The Morgan fingerprint density at radius 1 is 0.903 bits per heavy atom. The van der Waals surface area contributed by atoms with Crippen molar-refractivity contribution in [1.29, 1.82) is 0 Å². The van der Waals surface area contributed by atoms with Crippen molar-refractivity contribution < 1.29 is 9.53 Å². The summed E-state index contributed by atoms with van der Waals surface area (Å²) in [6, 6.07) is 19.9. The maximum atomic E-state index is 13.0. The highest BCUT2D eigenvalue weighted by Gasteiger charge is 2.23. The number of amides is 1. The summed E-state index contributed by atoms with van der Waals surface area (Å²) >= 11 is 0. The van der Waals surface area contributed by atoms with Crippen molar-refractivity contribution in [1.82, 2.24) is 14.9 Å². The van der Waals surface area contributed by atoms with Crippen LogP contribution in [-0.4, -0.2) is 53.1 Å². The molecule has 1 amide bonds. The average molecular weight is 417 g/mol. The number of rotatable bonds is 5. The number of hydrogen-bond acceptors (Lipinski definition) is 5. The van der Waals surface area contributed by atoms with E-state index in [1.54, 1.807) is 0 Å². The maximum Gasteiger partial charge on any atom is 0.253 e. The van der Waals surface area contributed by atoms with Gasteiger partial charge >= 0.3 is 0 Å². The minimum Gasteiger partial charge on any atom is -0.475 e. The molecule has 2 heterocycles. The van der Waals surface area contributed by atoms with Crippen LogP contribution in [0.3, 0.4) is 0 Å². The lowest BCUT2D eigenvalue weighted by Gasteiger charge is -2.35. The zero-order valence-electron chi connectivity index (χ0n) is 18.3. The van der Waals surface area contributed by atoms with Crippen molar-refractivity contribution in [2.45, 2.75) is 26.9 Å². The van der Waals surface area contributed by atoms with Crippen molar-refractivity contribution >= 4 is 11.7 Å². The highest BCUT2D eigenvalue weighted by atomic mass is 16.5. The van der Waals surface area contributed by atoms with Crippen LogP contribution in [0.4, 0.5) is 5.82 Å². The Morgan fingerprint density at radius 2 is 1.55 bits per heavy atom. The molecule has 0 bridgehead atoms. The first-order valence-corrected chi connectivity index (χ1v) is 10.7. The van der Waals surface area contributed by atoms with Gasteiger partial charge in [0.1, 0.15) is 11.6 Å². The van der Waals surface area contributed by atoms with Gasteiger partial charge in [0.15, 0.2) is 0 Å². The third-order valence-corrected chi connectivity index (χ3v) is 5.29. The van der Waals surface area contributed by atoms with Gasteiger partial charge in [0.2, 0.25) is 5.88 Å². The lowest BCUT2D eigenvalue weighted by Crippen LogP contribution is -2.49. The Kier molecular flexibility index (Phi) is 6.16. The first-order valence-electron chi connectivity index (χ1n) is 10.7. The summed E-state index contributed by atoms with van der Waals surface area (Å²) in [5.41, 5.74) is 2.98. The maximum absolute atomic E-state index is 13.0. The molecule has 0 aliphatic carbocycles. The summed E-state index contributed by atoms with van der Waals surface area (Å²) in [4.78, 5) is 26.0. The highest BCUT2D eigenvalue weighted by molar-refractivity contribution is 5.94. The third-order valence-electron chi connectivity index (χ3n) is 5.29. The molecule has 0 radical (unpaired) electrons. The van der Waals surface area contributed by atoms with Crippen molar-refractivity contribution in [2.24, 2.45) is 0 Å². The number of benzene rings is 2. The summed E-state index contributed by atoms with van der Waals surface area (Å²) in [6.45, 7) is 8.60. The molecule has 0 N–H and O–H groups in total. The second kappa shape index (κ2) is 9.16. The van der Waals surface area contributed by atoms with Crippen LogP contribution < -0.4 is 9.64 Å². The number of aromatic nitrogens is 2. The van der Waals surface area contributed by atoms with E-state index in [1.165, 1.54) is 0 Å². The smallest absolute Gasteiger partial charge is 0.253 e. The van der Waals surface area contributed by atoms with Crippen LogP contribution >= 0.6 is 0 Å². The van der Waals surface area contributed by atoms with Gasteiger partial charge in [0.05, 0.1) is 6.10 Å². The minimum atomic E-state index is 0.0601. The molecule has 1 fully saturated rings. The number of piperazine rings is 1. The van der Waals surface area contributed by atoms with E-state index in [9.17, 15) is 4.79 Å². The van der Waals surface area contributed by atoms with Crippen LogP contribution in [0.1, 0.15) is 30.0 Å². The van der Waals surface area contributed by atoms with Gasteiger partial charge in [-0.3, -0.25) is 4.79 Å². The summed E-state index contributed by atoms with van der Waals surface area (Å²) in [5.74, 6) is 2.20. The predicted molar refractivity (Wildman–Crippen MR) is 123 cm³/mol. The summed E-state index contributed by atoms with van der Waals surface area (Å²) in [7, 11) is 0. The van der Waals surface area contributed by atoms with Crippen LogP contribution in [0.15, 0.2) is 60.7 Å². The fourth-order valence-electron chi connectivity index (χ4n) is 3.75. The van der Waals surface area contributed by atoms with E-state index >= 15 is 0 Å². The highest BCUT2D eigenvalue weighted by Crippen LogP contribution is 2.22. The molecule has 1 saturated heterocycles. The van der Waals surface area contributed by atoms with Gasteiger partial charge in [0.25, 0.3) is 5.91 Å². The molecule has 31 heavy (non-hydrogen) atoms. The average Bonchev–Trinajstić information content (AvgIpc) is 2.78. The molecule has 2 aromatic carbocycles. The van der Waals surface area contributed by atoms with E-state index in [0.29, 0.717) is 24.8 Å². The molecule has 6 nitrogen and oxygen atoms in total. The molecule has 0 saturated carbocycles. The van der Waals surface area contributed by atoms with Crippen molar-refractivity contribution in [3.05, 3.63) is 72.1 Å². The number of hydrogen-bond donors (Lipinski definition) is 0. The van der Waals surface area contributed by atoms with Gasteiger partial charge in [-0.1, -0.05) is 42.5 Å². The zero-order chi connectivity index (χ0) is 21.8. The molecular formula is C25H28N4O2. The number of anilines is 1. The second-order valence-corrected chi connectivity index (χ2v) is 8.00. The quantitative estimate of drug-likeness (QED) is 0.624. The molecular weight excluding hydrogens is 388 g/mol. The van der Waals surface area contributed by atoms with Gasteiger partial charge in [-0.2, -0.15) is 4.98 Å². The second-order valence-electron chi connectivity index (χ2n) is 8.00. The zero-order valence-corrected chi connectivity index (χ0v) is 18.3. The molecule has 6 heteroatoms.